The molecule has 0 radical (unpaired) electrons. The largest absolute Gasteiger partial charge is 0.0888 e. The van der Waals surface area contributed by atoms with Crippen LogP contribution in [-0.2, 0) is 6.42 Å². The van der Waals surface area contributed by atoms with Gasteiger partial charge in [-0.25, -0.2) is 0 Å². The van der Waals surface area contributed by atoms with Crippen LogP contribution in [0.25, 0.3) is 0 Å². The maximum absolute atomic E-state index is 3.81. The van der Waals surface area contributed by atoms with Crippen LogP contribution in [0.15, 0.2) is 30.3 Å². The smallest absolute Gasteiger partial charge is 0.0177 e. The second-order valence-electron chi connectivity index (χ2n) is 4.25. The van der Waals surface area contributed by atoms with Crippen molar-refractivity contribution in [2.24, 2.45) is 5.92 Å². The van der Waals surface area contributed by atoms with Gasteiger partial charge in [0, 0.05) is 4.83 Å². The molecule has 1 aromatic rings. The highest BCUT2D eigenvalue weighted by Gasteiger charge is 2.22. The average Bonchev–Trinajstić information content (AvgIpc) is 2.23. The van der Waals surface area contributed by atoms with E-state index >= 15 is 0 Å². The Morgan fingerprint density at radius 2 is 1.79 bits per heavy atom. The van der Waals surface area contributed by atoms with Gasteiger partial charge in [-0.3, -0.25) is 0 Å². The van der Waals surface area contributed by atoms with Gasteiger partial charge in [-0.15, -0.1) is 0 Å². The molecule has 0 nitrogen and oxygen atoms in total. The minimum atomic E-state index is 0.747. The lowest BCUT2D eigenvalue weighted by molar-refractivity contribution is 0.373. The molecule has 2 unspecified atom stereocenters. The Bertz CT molecular complexity index is 268. The maximum Gasteiger partial charge on any atom is 0.0177 e. The summed E-state index contributed by atoms with van der Waals surface area (Å²) in [6.07, 6.45) is 6.82. The van der Waals surface area contributed by atoms with Crippen molar-refractivity contribution in [2.45, 2.75) is 36.9 Å². The van der Waals surface area contributed by atoms with Gasteiger partial charge >= 0.3 is 0 Å². The molecule has 1 aromatic carbocycles. The van der Waals surface area contributed by atoms with Gasteiger partial charge in [-0.1, -0.05) is 59.1 Å². The van der Waals surface area contributed by atoms with Gasteiger partial charge < -0.3 is 0 Å². The van der Waals surface area contributed by atoms with E-state index in [1.54, 1.807) is 0 Å². The zero-order valence-corrected chi connectivity index (χ0v) is 10.0. The Balaban J connectivity index is 1.96. The summed E-state index contributed by atoms with van der Waals surface area (Å²) in [4.78, 5) is 0.747. The molecule has 0 bridgehead atoms. The molecule has 1 aliphatic carbocycles. The molecular weight excluding hydrogens is 236 g/mol. The Morgan fingerprint density at radius 1 is 1.07 bits per heavy atom. The number of halogens is 1. The average molecular weight is 253 g/mol. The van der Waals surface area contributed by atoms with E-state index in [2.05, 4.69) is 46.3 Å². The Hall–Kier alpha value is -0.300. The number of hydrogen-bond donors (Lipinski definition) is 0. The van der Waals surface area contributed by atoms with Crippen LogP contribution in [0.2, 0.25) is 0 Å². The summed E-state index contributed by atoms with van der Waals surface area (Å²) in [7, 11) is 0. The van der Waals surface area contributed by atoms with Crippen LogP contribution >= 0.6 is 15.9 Å². The van der Waals surface area contributed by atoms with Crippen molar-refractivity contribution in [1.82, 2.24) is 0 Å². The van der Waals surface area contributed by atoms with Crippen molar-refractivity contribution in [3.8, 4) is 0 Å². The summed E-state index contributed by atoms with van der Waals surface area (Å²) >= 11 is 3.81. The number of hydrogen-bond acceptors (Lipinski definition) is 0. The van der Waals surface area contributed by atoms with Gasteiger partial charge in [-0.2, -0.15) is 0 Å². The fourth-order valence-corrected chi connectivity index (χ4v) is 3.08. The van der Waals surface area contributed by atoms with Gasteiger partial charge in [-0.05, 0) is 30.7 Å². The normalized spacial score (nSPS) is 27.5. The quantitative estimate of drug-likeness (QED) is 0.693. The highest BCUT2D eigenvalue weighted by Crippen LogP contribution is 2.32. The Kier molecular flexibility index (Phi) is 3.63. The first-order valence-electron chi connectivity index (χ1n) is 5.54. The second kappa shape index (κ2) is 4.97. The van der Waals surface area contributed by atoms with Gasteiger partial charge in [0.2, 0.25) is 0 Å². The molecule has 0 aliphatic heterocycles. The zero-order valence-electron chi connectivity index (χ0n) is 8.45. The van der Waals surface area contributed by atoms with Gasteiger partial charge in [0.1, 0.15) is 0 Å². The maximum atomic E-state index is 3.81. The third-order valence-electron chi connectivity index (χ3n) is 3.16. The van der Waals surface area contributed by atoms with Crippen LogP contribution in [0.4, 0.5) is 0 Å². The van der Waals surface area contributed by atoms with Crippen molar-refractivity contribution < 1.29 is 0 Å². The van der Waals surface area contributed by atoms with Crippen LogP contribution < -0.4 is 0 Å². The molecule has 0 spiro atoms. The first-order valence-corrected chi connectivity index (χ1v) is 6.46. The minimum Gasteiger partial charge on any atom is -0.0888 e. The predicted octanol–water partition coefficient (Wildman–Crippen LogP) is 4.18. The summed E-state index contributed by atoms with van der Waals surface area (Å²) in [6, 6.07) is 10.9. The molecule has 0 aromatic heterocycles. The summed E-state index contributed by atoms with van der Waals surface area (Å²) < 4.78 is 0. The van der Waals surface area contributed by atoms with Gasteiger partial charge in [0.05, 0.1) is 0 Å². The van der Waals surface area contributed by atoms with Crippen molar-refractivity contribution in [3.63, 3.8) is 0 Å². The van der Waals surface area contributed by atoms with Crippen LogP contribution in [0.1, 0.15) is 31.2 Å². The van der Waals surface area contributed by atoms with E-state index in [0.29, 0.717) is 0 Å². The number of benzene rings is 1. The SMILES string of the molecule is BrC1CCCCC1Cc1ccccc1. The van der Waals surface area contributed by atoms with Gasteiger partial charge in [0.15, 0.2) is 0 Å². The van der Waals surface area contributed by atoms with Crippen LogP contribution in [0.5, 0.6) is 0 Å². The lowest BCUT2D eigenvalue weighted by Gasteiger charge is -2.27. The van der Waals surface area contributed by atoms with Crippen molar-refractivity contribution in [3.05, 3.63) is 35.9 Å². The Morgan fingerprint density at radius 3 is 2.50 bits per heavy atom. The molecular formula is C13H17Br. The number of alkyl halides is 1. The molecule has 0 amide bonds. The van der Waals surface area contributed by atoms with Crippen molar-refractivity contribution in [2.75, 3.05) is 0 Å². The molecule has 1 aliphatic rings. The fraction of sp³-hybridized carbons (Fsp3) is 0.538. The third kappa shape index (κ3) is 2.60. The zero-order chi connectivity index (χ0) is 9.80. The molecule has 2 rings (SSSR count). The minimum absolute atomic E-state index is 0.747. The molecule has 0 N–H and O–H groups in total. The summed E-state index contributed by atoms with van der Waals surface area (Å²) in [5.41, 5.74) is 1.49. The highest BCUT2D eigenvalue weighted by molar-refractivity contribution is 9.09. The predicted molar refractivity (Wildman–Crippen MR) is 64.8 cm³/mol. The lowest BCUT2D eigenvalue weighted by atomic mass is 9.85. The summed E-state index contributed by atoms with van der Waals surface area (Å²) in [6.45, 7) is 0. The topological polar surface area (TPSA) is 0 Å². The molecule has 0 saturated heterocycles. The molecule has 1 saturated carbocycles. The van der Waals surface area contributed by atoms with E-state index in [1.165, 1.54) is 37.7 Å². The second-order valence-corrected chi connectivity index (χ2v) is 5.43. The number of rotatable bonds is 2. The lowest BCUT2D eigenvalue weighted by Crippen LogP contribution is -2.21. The highest BCUT2D eigenvalue weighted by atomic mass is 79.9. The van der Waals surface area contributed by atoms with E-state index in [9.17, 15) is 0 Å². The van der Waals surface area contributed by atoms with Crippen LogP contribution in [0, 0.1) is 5.92 Å². The monoisotopic (exact) mass is 252 g/mol. The van der Waals surface area contributed by atoms with Gasteiger partial charge in [0.25, 0.3) is 0 Å². The van der Waals surface area contributed by atoms with Crippen LogP contribution in [-0.4, -0.2) is 4.83 Å². The molecule has 1 heteroatoms. The van der Waals surface area contributed by atoms with E-state index in [1.807, 2.05) is 0 Å². The van der Waals surface area contributed by atoms with E-state index in [4.69, 9.17) is 0 Å². The Labute approximate surface area is 94.8 Å². The molecule has 14 heavy (non-hydrogen) atoms. The standard InChI is InChI=1S/C13H17Br/c14-13-9-5-4-8-12(13)10-11-6-2-1-3-7-11/h1-3,6-7,12-13H,4-5,8-10H2. The van der Waals surface area contributed by atoms with Crippen molar-refractivity contribution >= 4 is 15.9 Å². The van der Waals surface area contributed by atoms with Crippen LogP contribution in [0.3, 0.4) is 0 Å². The van der Waals surface area contributed by atoms with Crippen molar-refractivity contribution in [1.29, 1.82) is 0 Å². The molecule has 1 fully saturated rings. The molecule has 0 heterocycles. The molecule has 76 valence electrons. The van der Waals surface area contributed by atoms with E-state index in [-0.39, 0.29) is 0 Å². The van der Waals surface area contributed by atoms with E-state index < -0.39 is 0 Å². The fourth-order valence-electron chi connectivity index (χ4n) is 2.31. The molecule has 2 atom stereocenters. The first-order chi connectivity index (χ1) is 6.86. The van der Waals surface area contributed by atoms with E-state index in [0.717, 1.165) is 10.7 Å². The summed E-state index contributed by atoms with van der Waals surface area (Å²) in [5, 5.41) is 0. The summed E-state index contributed by atoms with van der Waals surface area (Å²) in [5.74, 6) is 0.853. The first kappa shape index (κ1) is 10.2. The third-order valence-corrected chi connectivity index (χ3v) is 4.36.